The average molecular weight is 448 g/mol. The molecular formula is C26H29N3O4. The maximum atomic E-state index is 13.0. The number of nitrogens with one attached hydrogen (secondary N) is 1. The fourth-order valence-electron chi connectivity index (χ4n) is 4.74. The van der Waals surface area contributed by atoms with Crippen LogP contribution in [-0.4, -0.2) is 47.0 Å². The van der Waals surface area contributed by atoms with Crippen LogP contribution in [0.15, 0.2) is 54.6 Å². The summed E-state index contributed by atoms with van der Waals surface area (Å²) >= 11 is 0. The van der Waals surface area contributed by atoms with E-state index in [9.17, 15) is 19.2 Å². The number of rotatable bonds is 6. The summed E-state index contributed by atoms with van der Waals surface area (Å²) in [5.74, 6) is -1.42. The van der Waals surface area contributed by atoms with Crippen LogP contribution in [0.5, 0.6) is 0 Å². The molecule has 7 heteroatoms. The van der Waals surface area contributed by atoms with Crippen LogP contribution >= 0.6 is 0 Å². The Morgan fingerprint density at radius 1 is 1.00 bits per heavy atom. The Morgan fingerprint density at radius 2 is 1.64 bits per heavy atom. The summed E-state index contributed by atoms with van der Waals surface area (Å²) in [5.41, 5.74) is 2.02. The van der Waals surface area contributed by atoms with Crippen molar-refractivity contribution >= 4 is 29.3 Å². The number of carbonyl (C=O) groups is 4. The van der Waals surface area contributed by atoms with Gasteiger partial charge in [0.2, 0.25) is 17.7 Å². The van der Waals surface area contributed by atoms with E-state index in [1.54, 1.807) is 42.3 Å². The van der Waals surface area contributed by atoms with E-state index in [-0.39, 0.29) is 48.1 Å². The number of likely N-dealkylation sites (tertiary alicyclic amines) is 1. The van der Waals surface area contributed by atoms with Gasteiger partial charge >= 0.3 is 0 Å². The van der Waals surface area contributed by atoms with Crippen molar-refractivity contribution in [2.24, 2.45) is 11.8 Å². The lowest BCUT2D eigenvalue weighted by atomic mass is 9.81. The second-order valence-corrected chi connectivity index (χ2v) is 8.89. The van der Waals surface area contributed by atoms with Crippen LogP contribution in [0.2, 0.25) is 0 Å². The highest BCUT2D eigenvalue weighted by molar-refractivity contribution is 6.07. The minimum atomic E-state index is -0.304. The summed E-state index contributed by atoms with van der Waals surface area (Å²) in [7, 11) is 1.67. The maximum absolute atomic E-state index is 13.0. The highest BCUT2D eigenvalue weighted by atomic mass is 16.2. The quantitative estimate of drug-likeness (QED) is 0.685. The zero-order valence-electron chi connectivity index (χ0n) is 19.0. The van der Waals surface area contributed by atoms with Gasteiger partial charge in [-0.25, -0.2) is 0 Å². The number of hydrogen-bond acceptors (Lipinski definition) is 4. The first-order valence-corrected chi connectivity index (χ1v) is 11.4. The van der Waals surface area contributed by atoms with Crippen LogP contribution in [0.1, 0.15) is 54.6 Å². The van der Waals surface area contributed by atoms with Gasteiger partial charge in [-0.3, -0.25) is 24.1 Å². The van der Waals surface area contributed by atoms with Crippen molar-refractivity contribution in [3.63, 3.8) is 0 Å². The van der Waals surface area contributed by atoms with Crippen LogP contribution < -0.4 is 5.32 Å². The van der Waals surface area contributed by atoms with Crippen LogP contribution in [0.25, 0.3) is 0 Å². The van der Waals surface area contributed by atoms with E-state index < -0.39 is 0 Å². The van der Waals surface area contributed by atoms with Crippen molar-refractivity contribution < 1.29 is 19.2 Å². The molecule has 2 aromatic carbocycles. The number of anilines is 1. The second-order valence-electron chi connectivity index (χ2n) is 8.89. The molecule has 2 fully saturated rings. The molecule has 1 heterocycles. The Labute approximate surface area is 193 Å². The Hall–Kier alpha value is -3.48. The molecule has 2 aromatic rings. The predicted molar refractivity (Wildman–Crippen MR) is 124 cm³/mol. The first-order valence-electron chi connectivity index (χ1n) is 11.4. The molecule has 1 saturated carbocycles. The number of benzene rings is 2. The molecule has 0 bridgehead atoms. The molecule has 4 amide bonds. The minimum Gasteiger partial charge on any atom is -0.337 e. The van der Waals surface area contributed by atoms with E-state index in [0.717, 1.165) is 36.1 Å². The predicted octanol–water partition coefficient (Wildman–Crippen LogP) is 3.63. The normalized spacial score (nSPS) is 20.8. The average Bonchev–Trinajstić information content (AvgIpc) is 3.08. The van der Waals surface area contributed by atoms with E-state index in [1.165, 1.54) is 0 Å². The number of hydrogen-bond donors (Lipinski definition) is 1. The van der Waals surface area contributed by atoms with Crippen molar-refractivity contribution in [3.05, 3.63) is 65.7 Å². The molecule has 7 nitrogen and oxygen atoms in total. The molecule has 1 aliphatic heterocycles. The van der Waals surface area contributed by atoms with Crippen LogP contribution in [0.4, 0.5) is 5.69 Å². The molecule has 33 heavy (non-hydrogen) atoms. The van der Waals surface area contributed by atoms with Gasteiger partial charge in [0.25, 0.3) is 5.91 Å². The largest absolute Gasteiger partial charge is 0.337 e. The first kappa shape index (κ1) is 22.7. The monoisotopic (exact) mass is 447 g/mol. The van der Waals surface area contributed by atoms with Crippen molar-refractivity contribution in [3.8, 4) is 0 Å². The first-order chi connectivity index (χ1) is 15.9. The van der Waals surface area contributed by atoms with Crippen molar-refractivity contribution in [2.45, 2.75) is 38.6 Å². The smallest absolute Gasteiger partial charge is 0.255 e. The van der Waals surface area contributed by atoms with Gasteiger partial charge in [0.1, 0.15) is 6.54 Å². The Kier molecular flexibility index (Phi) is 6.58. The minimum absolute atomic E-state index is 0.204. The van der Waals surface area contributed by atoms with Gasteiger partial charge < -0.3 is 10.2 Å². The van der Waals surface area contributed by atoms with Crippen molar-refractivity contribution in [1.29, 1.82) is 0 Å². The molecule has 2 aliphatic rings. The molecule has 0 unspecified atom stereocenters. The number of amides is 4. The molecule has 1 saturated heterocycles. The van der Waals surface area contributed by atoms with E-state index in [1.807, 2.05) is 31.2 Å². The number of carbonyl (C=O) groups excluding carboxylic acids is 4. The Bertz CT molecular complexity index is 1040. The molecule has 3 atom stereocenters. The molecule has 4 rings (SSSR count). The van der Waals surface area contributed by atoms with E-state index in [2.05, 4.69) is 5.32 Å². The van der Waals surface area contributed by atoms with Crippen LogP contribution in [0.3, 0.4) is 0 Å². The lowest BCUT2D eigenvalue weighted by Gasteiger charge is -2.27. The third kappa shape index (κ3) is 4.67. The van der Waals surface area contributed by atoms with Gasteiger partial charge in [0, 0.05) is 18.3 Å². The van der Waals surface area contributed by atoms with Gasteiger partial charge in [0.15, 0.2) is 0 Å². The van der Waals surface area contributed by atoms with Gasteiger partial charge in [-0.2, -0.15) is 0 Å². The van der Waals surface area contributed by atoms with Gasteiger partial charge in [-0.15, -0.1) is 0 Å². The Balaban J connectivity index is 1.41. The van der Waals surface area contributed by atoms with Crippen LogP contribution in [0, 0.1) is 11.8 Å². The lowest BCUT2D eigenvalue weighted by molar-refractivity contribution is -0.146. The summed E-state index contributed by atoms with van der Waals surface area (Å²) in [5, 5.41) is 2.88. The fraction of sp³-hybridized carbons (Fsp3) is 0.385. The van der Waals surface area contributed by atoms with Crippen LogP contribution in [-0.2, 0) is 14.4 Å². The molecule has 0 aromatic heterocycles. The topological polar surface area (TPSA) is 86.8 Å². The highest BCUT2D eigenvalue weighted by Crippen LogP contribution is 2.38. The fourth-order valence-corrected chi connectivity index (χ4v) is 4.74. The highest BCUT2D eigenvalue weighted by Gasteiger charge is 2.48. The Morgan fingerprint density at radius 3 is 2.27 bits per heavy atom. The summed E-state index contributed by atoms with van der Waals surface area (Å²) in [4.78, 5) is 53.5. The summed E-state index contributed by atoms with van der Waals surface area (Å²) < 4.78 is 0. The molecular weight excluding hydrogens is 418 g/mol. The van der Waals surface area contributed by atoms with E-state index >= 15 is 0 Å². The summed E-state index contributed by atoms with van der Waals surface area (Å²) in [6.07, 6.45) is 3.37. The zero-order valence-corrected chi connectivity index (χ0v) is 19.0. The molecule has 172 valence electrons. The standard InChI is InChI=1S/C26H29N3O4/c1-17(19-11-8-12-20(15-19)27-24(31)18-9-4-3-5-10-18)28(2)23(30)16-29-25(32)21-13-6-7-14-22(21)26(29)33/h3-5,8-12,15,17,21-22H,6-7,13-14,16H2,1-2H3,(H,27,31)/t17-,21+,22+/m1/s1. The molecule has 1 N–H and O–H groups in total. The number of fused-ring (bicyclic) bond motifs is 1. The zero-order chi connectivity index (χ0) is 23.5. The SMILES string of the molecule is C[C@H](c1cccc(NC(=O)c2ccccc2)c1)N(C)C(=O)CN1C(=O)[C@H]2CCCC[C@@H]2C1=O. The molecule has 0 spiro atoms. The van der Waals surface area contributed by atoms with Crippen molar-refractivity contribution in [1.82, 2.24) is 9.80 Å². The molecule has 1 aliphatic carbocycles. The van der Waals surface area contributed by atoms with Crippen molar-refractivity contribution in [2.75, 3.05) is 18.9 Å². The molecule has 0 radical (unpaired) electrons. The maximum Gasteiger partial charge on any atom is 0.255 e. The van der Waals surface area contributed by atoms with Gasteiger partial charge in [-0.1, -0.05) is 43.2 Å². The number of likely N-dealkylation sites (N-methyl/N-ethyl adjacent to an activating group) is 1. The number of nitrogens with zero attached hydrogens (tertiary/aromatic N) is 2. The van der Waals surface area contributed by atoms with Gasteiger partial charge in [-0.05, 0) is 49.6 Å². The third-order valence-corrected chi connectivity index (χ3v) is 6.86. The summed E-state index contributed by atoms with van der Waals surface area (Å²) in [6.45, 7) is 1.65. The van der Waals surface area contributed by atoms with E-state index in [4.69, 9.17) is 0 Å². The third-order valence-electron chi connectivity index (χ3n) is 6.86. The van der Waals surface area contributed by atoms with Gasteiger partial charge in [0.05, 0.1) is 17.9 Å². The van der Waals surface area contributed by atoms with E-state index in [0.29, 0.717) is 11.3 Å². The summed E-state index contributed by atoms with van der Waals surface area (Å²) in [6, 6.07) is 16.0. The lowest BCUT2D eigenvalue weighted by Crippen LogP contribution is -2.42. The number of imide groups is 1. The second kappa shape index (κ2) is 9.57.